The molecule has 25 heavy (non-hydrogen) atoms. The standard InChI is InChI=1S/C19H26N4O2/c1-4-25-18-8-6-5-7-16(18)12-22-9-10-23(15(2)11-22)19(24)17-13-21(3)14-20-17/h5-8,13-15H,4,9-12H2,1-3H3/t15-/m0/s1. The van der Waals surface area contributed by atoms with Gasteiger partial charge in [-0.3, -0.25) is 9.69 Å². The van der Waals surface area contributed by atoms with Crippen LogP contribution in [-0.2, 0) is 13.6 Å². The second kappa shape index (κ2) is 7.70. The number of carbonyl (C=O) groups is 1. The highest BCUT2D eigenvalue weighted by atomic mass is 16.5. The largest absolute Gasteiger partial charge is 0.494 e. The first-order chi connectivity index (χ1) is 12.1. The van der Waals surface area contributed by atoms with E-state index in [1.807, 2.05) is 37.1 Å². The minimum absolute atomic E-state index is 0.0162. The fraction of sp³-hybridized carbons (Fsp3) is 0.474. The maximum Gasteiger partial charge on any atom is 0.274 e. The molecule has 1 aliphatic heterocycles. The monoisotopic (exact) mass is 342 g/mol. The zero-order valence-corrected chi connectivity index (χ0v) is 15.2. The lowest BCUT2D eigenvalue weighted by molar-refractivity contribution is 0.0468. The van der Waals surface area contributed by atoms with Crippen molar-refractivity contribution >= 4 is 5.91 Å². The third kappa shape index (κ3) is 4.02. The summed E-state index contributed by atoms with van der Waals surface area (Å²) in [4.78, 5) is 21.1. The van der Waals surface area contributed by atoms with E-state index in [0.29, 0.717) is 18.8 Å². The lowest BCUT2D eigenvalue weighted by atomic mass is 10.1. The summed E-state index contributed by atoms with van der Waals surface area (Å²) >= 11 is 0. The topological polar surface area (TPSA) is 50.6 Å². The second-order valence-corrected chi connectivity index (χ2v) is 6.55. The van der Waals surface area contributed by atoms with Gasteiger partial charge in [0.25, 0.3) is 5.91 Å². The van der Waals surface area contributed by atoms with Gasteiger partial charge in [0.05, 0.1) is 12.9 Å². The molecule has 0 aliphatic carbocycles. The number of carbonyl (C=O) groups excluding carboxylic acids is 1. The summed E-state index contributed by atoms with van der Waals surface area (Å²) in [5.41, 5.74) is 1.71. The van der Waals surface area contributed by atoms with E-state index in [-0.39, 0.29) is 11.9 Å². The van der Waals surface area contributed by atoms with Gasteiger partial charge in [-0.25, -0.2) is 4.98 Å². The summed E-state index contributed by atoms with van der Waals surface area (Å²) in [5.74, 6) is 0.965. The molecule has 1 aromatic carbocycles. The Balaban J connectivity index is 1.63. The molecule has 6 heteroatoms. The van der Waals surface area contributed by atoms with Crippen molar-refractivity contribution in [1.82, 2.24) is 19.4 Å². The molecule has 1 atom stereocenters. The van der Waals surface area contributed by atoms with Crippen LogP contribution in [0.3, 0.4) is 0 Å². The summed E-state index contributed by atoms with van der Waals surface area (Å²) < 4.78 is 7.53. The van der Waals surface area contributed by atoms with Crippen molar-refractivity contribution in [2.75, 3.05) is 26.2 Å². The highest BCUT2D eigenvalue weighted by Gasteiger charge is 2.29. The Morgan fingerprint density at radius 1 is 1.32 bits per heavy atom. The fourth-order valence-corrected chi connectivity index (χ4v) is 3.32. The van der Waals surface area contributed by atoms with E-state index in [9.17, 15) is 4.79 Å². The van der Waals surface area contributed by atoms with Gasteiger partial charge < -0.3 is 14.2 Å². The molecule has 1 saturated heterocycles. The van der Waals surface area contributed by atoms with E-state index in [2.05, 4.69) is 22.9 Å². The number of aromatic nitrogens is 2. The van der Waals surface area contributed by atoms with Gasteiger partial charge in [-0.15, -0.1) is 0 Å². The number of piperazine rings is 1. The SMILES string of the molecule is CCOc1ccccc1CN1CCN(C(=O)c2cn(C)cn2)[C@@H](C)C1. The first-order valence-corrected chi connectivity index (χ1v) is 8.80. The lowest BCUT2D eigenvalue weighted by Gasteiger charge is -2.39. The molecule has 2 aromatic rings. The van der Waals surface area contributed by atoms with E-state index in [1.165, 1.54) is 5.56 Å². The molecule has 6 nitrogen and oxygen atoms in total. The molecule has 0 radical (unpaired) electrons. The summed E-state index contributed by atoms with van der Waals surface area (Å²) in [5, 5.41) is 0. The molecule has 1 aromatic heterocycles. The fourth-order valence-electron chi connectivity index (χ4n) is 3.32. The van der Waals surface area contributed by atoms with Crippen LogP contribution in [0.5, 0.6) is 5.75 Å². The zero-order valence-electron chi connectivity index (χ0n) is 15.2. The molecule has 0 saturated carbocycles. The number of imidazole rings is 1. The Labute approximate surface area is 149 Å². The number of benzene rings is 1. The number of para-hydroxylation sites is 1. The van der Waals surface area contributed by atoms with Gasteiger partial charge in [-0.1, -0.05) is 18.2 Å². The van der Waals surface area contributed by atoms with E-state index in [0.717, 1.165) is 25.4 Å². The van der Waals surface area contributed by atoms with Crippen LogP contribution in [0, 0.1) is 0 Å². The Bertz CT molecular complexity index is 728. The average Bonchev–Trinajstić information content (AvgIpc) is 3.03. The molecule has 3 rings (SSSR count). The van der Waals surface area contributed by atoms with Crippen molar-refractivity contribution in [1.29, 1.82) is 0 Å². The van der Waals surface area contributed by atoms with Crippen LogP contribution in [0.1, 0.15) is 29.9 Å². The quantitative estimate of drug-likeness (QED) is 0.836. The highest BCUT2D eigenvalue weighted by Crippen LogP contribution is 2.22. The van der Waals surface area contributed by atoms with Crippen molar-refractivity contribution in [2.45, 2.75) is 26.4 Å². The number of hydrogen-bond acceptors (Lipinski definition) is 4. The highest BCUT2D eigenvalue weighted by molar-refractivity contribution is 5.92. The van der Waals surface area contributed by atoms with Gasteiger partial charge in [0, 0.05) is 51.0 Å². The number of hydrogen-bond donors (Lipinski definition) is 0. The average molecular weight is 342 g/mol. The summed E-state index contributed by atoms with van der Waals surface area (Å²) in [6, 6.07) is 8.33. The van der Waals surface area contributed by atoms with Crippen LogP contribution in [0.4, 0.5) is 0 Å². The maximum atomic E-state index is 12.6. The van der Waals surface area contributed by atoms with Crippen LogP contribution < -0.4 is 4.74 Å². The van der Waals surface area contributed by atoms with Crippen LogP contribution >= 0.6 is 0 Å². The molecule has 134 valence electrons. The molecule has 2 heterocycles. The Morgan fingerprint density at radius 2 is 2.12 bits per heavy atom. The van der Waals surface area contributed by atoms with Crippen LogP contribution in [0.2, 0.25) is 0 Å². The van der Waals surface area contributed by atoms with Gasteiger partial charge in [0.15, 0.2) is 0 Å². The molecule has 1 aliphatic rings. The number of aryl methyl sites for hydroxylation is 1. The second-order valence-electron chi connectivity index (χ2n) is 6.55. The third-order valence-electron chi connectivity index (χ3n) is 4.56. The predicted molar refractivity (Wildman–Crippen MR) is 96.6 cm³/mol. The lowest BCUT2D eigenvalue weighted by Crippen LogP contribution is -2.53. The van der Waals surface area contributed by atoms with Gasteiger partial charge in [-0.2, -0.15) is 0 Å². The number of rotatable bonds is 5. The van der Waals surface area contributed by atoms with Crippen molar-refractivity contribution in [3.8, 4) is 5.75 Å². The summed E-state index contributed by atoms with van der Waals surface area (Å²) in [6.07, 6.45) is 3.44. The van der Waals surface area contributed by atoms with Crippen molar-refractivity contribution in [2.24, 2.45) is 7.05 Å². The number of nitrogens with zero attached hydrogens (tertiary/aromatic N) is 4. The maximum absolute atomic E-state index is 12.6. The molecule has 1 amide bonds. The third-order valence-corrected chi connectivity index (χ3v) is 4.56. The number of ether oxygens (including phenoxy) is 1. The van der Waals surface area contributed by atoms with Crippen molar-refractivity contribution < 1.29 is 9.53 Å². The minimum Gasteiger partial charge on any atom is -0.494 e. The molecule has 0 bridgehead atoms. The smallest absolute Gasteiger partial charge is 0.274 e. The van der Waals surface area contributed by atoms with E-state index < -0.39 is 0 Å². The normalized spacial score (nSPS) is 18.4. The Hall–Kier alpha value is -2.34. The molecular weight excluding hydrogens is 316 g/mol. The molecule has 0 spiro atoms. The van der Waals surface area contributed by atoms with Crippen molar-refractivity contribution in [3.05, 3.63) is 48.0 Å². The molecular formula is C19H26N4O2. The molecule has 1 fully saturated rings. The van der Waals surface area contributed by atoms with Gasteiger partial charge >= 0.3 is 0 Å². The van der Waals surface area contributed by atoms with Crippen LogP contribution in [-0.4, -0.2) is 57.5 Å². The Kier molecular flexibility index (Phi) is 5.38. The number of amides is 1. The van der Waals surface area contributed by atoms with Crippen LogP contribution in [0.15, 0.2) is 36.8 Å². The molecule has 0 unspecified atom stereocenters. The summed E-state index contributed by atoms with van der Waals surface area (Å²) in [6.45, 7) is 8.02. The van der Waals surface area contributed by atoms with Gasteiger partial charge in [0.2, 0.25) is 0 Å². The van der Waals surface area contributed by atoms with E-state index in [4.69, 9.17) is 4.74 Å². The van der Waals surface area contributed by atoms with Gasteiger partial charge in [0.1, 0.15) is 11.4 Å². The first-order valence-electron chi connectivity index (χ1n) is 8.80. The van der Waals surface area contributed by atoms with E-state index >= 15 is 0 Å². The van der Waals surface area contributed by atoms with Crippen molar-refractivity contribution in [3.63, 3.8) is 0 Å². The summed E-state index contributed by atoms with van der Waals surface area (Å²) in [7, 11) is 1.88. The van der Waals surface area contributed by atoms with Gasteiger partial charge in [-0.05, 0) is 19.9 Å². The minimum atomic E-state index is 0.0162. The van der Waals surface area contributed by atoms with Crippen LogP contribution in [0.25, 0.3) is 0 Å². The molecule has 0 N–H and O–H groups in total. The Morgan fingerprint density at radius 3 is 2.80 bits per heavy atom. The predicted octanol–water partition coefficient (Wildman–Crippen LogP) is 2.17. The zero-order chi connectivity index (χ0) is 17.8. The van der Waals surface area contributed by atoms with E-state index in [1.54, 1.807) is 17.1 Å². The first kappa shape index (κ1) is 17.5.